The molecule has 0 amide bonds. The van der Waals surface area contributed by atoms with E-state index in [1.165, 1.54) is 45.0 Å². The number of rotatable bonds is 6. The van der Waals surface area contributed by atoms with Crippen molar-refractivity contribution in [3.05, 3.63) is 233 Å². The maximum absolute atomic E-state index is 5.20. The van der Waals surface area contributed by atoms with Crippen LogP contribution in [0.4, 0.5) is 22.7 Å². The van der Waals surface area contributed by atoms with Gasteiger partial charge in [-0.3, -0.25) is 5.32 Å². The van der Waals surface area contributed by atoms with Crippen molar-refractivity contribution in [2.24, 2.45) is 4.99 Å². The first-order chi connectivity index (χ1) is 28.1. The average molecular weight is 738 g/mol. The van der Waals surface area contributed by atoms with Crippen LogP contribution in [-0.4, -0.2) is 11.9 Å². The summed E-state index contributed by atoms with van der Waals surface area (Å²) in [7, 11) is 0. The quantitative estimate of drug-likeness (QED) is 0.179. The Morgan fingerprint density at radius 2 is 1.40 bits per heavy atom. The Kier molecular flexibility index (Phi) is 7.97. The summed E-state index contributed by atoms with van der Waals surface area (Å²) in [6.07, 6.45) is 14.7. The number of hydrogen-bond acceptors (Lipinski definition) is 5. The second kappa shape index (κ2) is 13.5. The minimum atomic E-state index is -0.610. The summed E-state index contributed by atoms with van der Waals surface area (Å²) < 4.78 is 0. The van der Waals surface area contributed by atoms with Crippen LogP contribution in [0.1, 0.15) is 64.7 Å². The summed E-state index contributed by atoms with van der Waals surface area (Å²) >= 11 is 0. The molecular formula is C52H43N5. The number of allylic oxidation sites excluding steroid dienone is 6. The molecule has 0 radical (unpaired) electrons. The molecule has 6 aromatic carbocycles. The summed E-state index contributed by atoms with van der Waals surface area (Å²) in [6, 6.07) is 57.0. The fourth-order valence-corrected chi connectivity index (χ4v) is 9.82. The van der Waals surface area contributed by atoms with Gasteiger partial charge in [-0.05, 0) is 89.2 Å². The van der Waals surface area contributed by atoms with E-state index in [1.807, 2.05) is 0 Å². The van der Waals surface area contributed by atoms with Crippen molar-refractivity contribution in [3.8, 4) is 0 Å². The topological polar surface area (TPSA) is 42.9 Å². The third-order valence-corrected chi connectivity index (χ3v) is 12.4. The molecule has 2 N–H and O–H groups in total. The van der Waals surface area contributed by atoms with Crippen LogP contribution in [0.3, 0.4) is 0 Å². The van der Waals surface area contributed by atoms with Crippen molar-refractivity contribution in [2.45, 2.75) is 43.1 Å². The van der Waals surface area contributed by atoms with E-state index in [-0.39, 0.29) is 24.0 Å². The van der Waals surface area contributed by atoms with Gasteiger partial charge in [-0.2, -0.15) is 0 Å². The number of hydrogen-bond donors (Lipinski definition) is 2. The Balaban J connectivity index is 1.01. The molecule has 5 heteroatoms. The fraction of sp³-hybridized carbons (Fsp3) is 0.135. The Labute approximate surface area is 334 Å². The molecule has 2 aliphatic carbocycles. The zero-order valence-corrected chi connectivity index (χ0v) is 31.8. The van der Waals surface area contributed by atoms with E-state index in [2.05, 4.69) is 222 Å². The molecule has 276 valence electrons. The van der Waals surface area contributed by atoms with Gasteiger partial charge in [0.2, 0.25) is 0 Å². The molecule has 5 nitrogen and oxygen atoms in total. The smallest absolute Gasteiger partial charge is 0.132 e. The second-order valence-electron chi connectivity index (χ2n) is 15.7. The van der Waals surface area contributed by atoms with Gasteiger partial charge in [0, 0.05) is 40.2 Å². The SMILES string of the molecule is CC1(c2cccc(N3C4=CC=CCC4c4c(C5=CC=CC6c7ccccc7N(c7ccccc7)C56)cccc43)c2)NC(c2ccccc2)=NC(c2ccccc2)N1. The third-order valence-electron chi connectivity index (χ3n) is 12.4. The molecule has 57 heavy (non-hydrogen) atoms. The van der Waals surface area contributed by atoms with E-state index >= 15 is 0 Å². The van der Waals surface area contributed by atoms with E-state index in [0.717, 1.165) is 34.6 Å². The average Bonchev–Trinajstić information content (AvgIpc) is 3.81. The van der Waals surface area contributed by atoms with Gasteiger partial charge in [-0.15, -0.1) is 0 Å². The van der Waals surface area contributed by atoms with Crippen LogP contribution in [0, 0.1) is 0 Å². The predicted molar refractivity (Wildman–Crippen MR) is 234 cm³/mol. The lowest BCUT2D eigenvalue weighted by Gasteiger charge is -2.41. The summed E-state index contributed by atoms with van der Waals surface area (Å²) in [4.78, 5) is 10.3. The highest BCUT2D eigenvalue weighted by atomic mass is 15.3. The van der Waals surface area contributed by atoms with Crippen molar-refractivity contribution in [1.29, 1.82) is 0 Å². The third kappa shape index (κ3) is 5.53. The molecule has 0 bridgehead atoms. The monoisotopic (exact) mass is 737 g/mol. The maximum Gasteiger partial charge on any atom is 0.132 e. The normalized spacial score (nSPS) is 24.1. The standard InChI is InChI=1S/C52H43N5/c1-52(54-50(35-18-5-2-6-19-35)53-51(55-52)36-20-7-3-8-21-36)37-22-15-25-39(34-37)56-46-32-14-12-27-44(46)48-41(28-17-33-47(48)56)43-30-16-29-42-40-26-11-13-31-45(40)57(49(42)43)38-23-9-4-10-24-38/h2-26,28-34,42,44,49-50,54H,27H2,1H3,(H,53,55). The molecule has 5 unspecified atom stereocenters. The number of nitrogens with zero attached hydrogens (tertiary/aromatic N) is 3. The second-order valence-corrected chi connectivity index (χ2v) is 15.7. The van der Waals surface area contributed by atoms with Crippen molar-refractivity contribution in [1.82, 2.24) is 10.6 Å². The Morgan fingerprint density at radius 1 is 0.684 bits per heavy atom. The predicted octanol–water partition coefficient (Wildman–Crippen LogP) is 11.5. The van der Waals surface area contributed by atoms with Crippen LogP contribution >= 0.6 is 0 Å². The highest BCUT2D eigenvalue weighted by molar-refractivity contribution is 6.00. The van der Waals surface area contributed by atoms with Crippen molar-refractivity contribution in [3.63, 3.8) is 0 Å². The van der Waals surface area contributed by atoms with Gasteiger partial charge < -0.3 is 15.1 Å². The first-order valence-corrected chi connectivity index (χ1v) is 20.1. The van der Waals surface area contributed by atoms with E-state index in [1.54, 1.807) is 0 Å². The van der Waals surface area contributed by atoms with Crippen molar-refractivity contribution >= 4 is 34.2 Å². The van der Waals surface area contributed by atoms with Gasteiger partial charge >= 0.3 is 0 Å². The van der Waals surface area contributed by atoms with Crippen molar-refractivity contribution < 1.29 is 0 Å². The zero-order valence-electron chi connectivity index (χ0n) is 31.8. The molecule has 0 spiro atoms. The summed E-state index contributed by atoms with van der Waals surface area (Å²) in [5.41, 5.74) is 14.4. The first-order valence-electron chi connectivity index (χ1n) is 20.1. The largest absolute Gasteiger partial charge is 0.348 e. The number of fused-ring (bicyclic) bond motifs is 6. The number of aliphatic imine (C=N–C) groups is 1. The van der Waals surface area contributed by atoms with Crippen molar-refractivity contribution in [2.75, 3.05) is 9.80 Å². The molecule has 6 aromatic rings. The molecule has 0 fully saturated rings. The summed E-state index contributed by atoms with van der Waals surface area (Å²) in [5.74, 6) is 1.37. The fourth-order valence-electron chi connectivity index (χ4n) is 9.82. The number of nitrogens with one attached hydrogen (secondary N) is 2. The highest BCUT2D eigenvalue weighted by Gasteiger charge is 2.45. The number of amidine groups is 1. The Hall–Kier alpha value is -6.69. The Bertz CT molecular complexity index is 2660. The summed E-state index contributed by atoms with van der Waals surface area (Å²) in [5, 5.41) is 7.72. The number of anilines is 4. The molecule has 3 heterocycles. The van der Waals surface area contributed by atoms with Gasteiger partial charge in [0.25, 0.3) is 0 Å². The highest BCUT2D eigenvalue weighted by Crippen LogP contribution is 2.57. The van der Waals surface area contributed by atoms with Crippen LogP contribution in [0.5, 0.6) is 0 Å². The van der Waals surface area contributed by atoms with Crippen LogP contribution in [-0.2, 0) is 5.66 Å². The molecule has 3 aliphatic heterocycles. The van der Waals surface area contributed by atoms with Gasteiger partial charge in [-0.25, -0.2) is 4.99 Å². The van der Waals surface area contributed by atoms with Gasteiger partial charge in [-0.1, -0.05) is 152 Å². The lowest BCUT2D eigenvalue weighted by Crippen LogP contribution is -2.58. The molecule has 0 saturated heterocycles. The van der Waals surface area contributed by atoms with Crippen LogP contribution in [0.25, 0.3) is 5.57 Å². The van der Waals surface area contributed by atoms with E-state index in [9.17, 15) is 0 Å². The lowest BCUT2D eigenvalue weighted by atomic mass is 9.79. The van der Waals surface area contributed by atoms with E-state index in [4.69, 9.17) is 4.99 Å². The zero-order chi connectivity index (χ0) is 37.9. The van der Waals surface area contributed by atoms with Crippen LogP contribution < -0.4 is 20.4 Å². The molecule has 5 atom stereocenters. The van der Waals surface area contributed by atoms with Gasteiger partial charge in [0.1, 0.15) is 17.7 Å². The maximum atomic E-state index is 5.20. The Morgan fingerprint density at radius 3 is 2.25 bits per heavy atom. The van der Waals surface area contributed by atoms with Gasteiger partial charge in [0.05, 0.1) is 11.7 Å². The van der Waals surface area contributed by atoms with E-state index < -0.39 is 5.66 Å². The lowest BCUT2D eigenvalue weighted by molar-refractivity contribution is 0.277. The first kappa shape index (κ1) is 33.6. The minimum absolute atomic E-state index is 0.145. The van der Waals surface area contributed by atoms with Gasteiger partial charge in [0.15, 0.2) is 0 Å². The molecule has 11 rings (SSSR count). The minimum Gasteiger partial charge on any atom is -0.348 e. The molecule has 0 aromatic heterocycles. The molecular weight excluding hydrogens is 695 g/mol. The number of benzene rings is 6. The van der Waals surface area contributed by atoms with E-state index in [0.29, 0.717) is 0 Å². The number of para-hydroxylation sites is 2. The summed E-state index contributed by atoms with van der Waals surface area (Å²) in [6.45, 7) is 2.23. The van der Waals surface area contributed by atoms with Crippen LogP contribution in [0.2, 0.25) is 0 Å². The van der Waals surface area contributed by atoms with Crippen LogP contribution in [0.15, 0.2) is 205 Å². The molecule has 5 aliphatic rings. The molecule has 0 saturated carbocycles.